The Labute approximate surface area is 90.2 Å². The van der Waals surface area contributed by atoms with Gasteiger partial charge in [-0.15, -0.1) is 0 Å². The van der Waals surface area contributed by atoms with Gasteiger partial charge in [0.25, 0.3) is 0 Å². The van der Waals surface area contributed by atoms with E-state index in [9.17, 15) is 9.59 Å². The van der Waals surface area contributed by atoms with Crippen LogP contribution in [-0.2, 0) is 9.59 Å². The Bertz CT molecular complexity index is 229. The van der Waals surface area contributed by atoms with Crippen molar-refractivity contribution in [1.82, 2.24) is 4.90 Å². The molecule has 0 saturated heterocycles. The molecule has 0 spiro atoms. The summed E-state index contributed by atoms with van der Waals surface area (Å²) in [5, 5.41) is 8.52. The van der Waals surface area contributed by atoms with E-state index in [0.717, 1.165) is 0 Å². The van der Waals surface area contributed by atoms with E-state index < -0.39 is 12.0 Å². The Kier molecular flexibility index (Phi) is 5.93. The van der Waals surface area contributed by atoms with Crippen molar-refractivity contribution in [3.8, 4) is 0 Å². The lowest BCUT2D eigenvalue weighted by Gasteiger charge is -2.25. The van der Waals surface area contributed by atoms with Gasteiger partial charge in [0.05, 0.1) is 12.5 Å². The molecule has 0 rings (SSSR count). The molecule has 0 aromatic heterocycles. The zero-order valence-corrected chi connectivity index (χ0v) is 9.56. The summed E-state index contributed by atoms with van der Waals surface area (Å²) < 4.78 is 0. The molecule has 0 aliphatic carbocycles. The van der Waals surface area contributed by atoms with Gasteiger partial charge in [0.1, 0.15) is 0 Å². The zero-order valence-electron chi connectivity index (χ0n) is 9.56. The largest absolute Gasteiger partial charge is 0.481 e. The van der Waals surface area contributed by atoms with Crippen molar-refractivity contribution in [1.29, 1.82) is 0 Å². The summed E-state index contributed by atoms with van der Waals surface area (Å²) in [4.78, 5) is 23.6. The lowest BCUT2D eigenvalue weighted by molar-refractivity contribution is -0.139. The van der Waals surface area contributed by atoms with Crippen molar-refractivity contribution in [3.05, 3.63) is 0 Å². The molecule has 1 amide bonds. The first-order chi connectivity index (χ1) is 6.90. The van der Waals surface area contributed by atoms with E-state index in [4.69, 9.17) is 10.8 Å². The highest BCUT2D eigenvalue weighted by atomic mass is 16.4. The van der Waals surface area contributed by atoms with Crippen LogP contribution in [0.1, 0.15) is 27.2 Å². The first-order valence-corrected chi connectivity index (χ1v) is 5.16. The normalized spacial score (nSPS) is 12.6. The zero-order chi connectivity index (χ0) is 12.0. The summed E-state index contributed by atoms with van der Waals surface area (Å²) in [6.07, 6.45) is -0.0373. The second kappa shape index (κ2) is 6.40. The average Bonchev–Trinajstić information content (AvgIpc) is 2.16. The van der Waals surface area contributed by atoms with E-state index >= 15 is 0 Å². The predicted octanol–water partition coefficient (Wildman–Crippen LogP) is 0.293. The molecule has 0 aliphatic rings. The minimum absolute atomic E-state index is 0.0373. The lowest BCUT2D eigenvalue weighted by Crippen LogP contribution is -2.47. The average molecular weight is 216 g/mol. The molecule has 0 aromatic rings. The number of aliphatic carboxylic acids is 1. The van der Waals surface area contributed by atoms with Crippen LogP contribution in [0, 0.1) is 5.92 Å². The first kappa shape index (κ1) is 13.9. The fourth-order valence-corrected chi connectivity index (χ4v) is 1.15. The van der Waals surface area contributed by atoms with Gasteiger partial charge in [-0.25, -0.2) is 0 Å². The van der Waals surface area contributed by atoms with Crippen molar-refractivity contribution >= 4 is 11.9 Å². The fourth-order valence-electron chi connectivity index (χ4n) is 1.15. The molecule has 5 nitrogen and oxygen atoms in total. The number of carbonyl (C=O) groups is 2. The molecule has 0 radical (unpaired) electrons. The molecule has 0 heterocycles. The Morgan fingerprint density at radius 1 is 1.40 bits per heavy atom. The Hall–Kier alpha value is -1.10. The molecular weight excluding hydrogens is 196 g/mol. The van der Waals surface area contributed by atoms with Gasteiger partial charge in [0, 0.05) is 13.1 Å². The Balaban J connectivity index is 4.27. The second-order valence-corrected chi connectivity index (χ2v) is 3.83. The smallest absolute Gasteiger partial charge is 0.305 e. The van der Waals surface area contributed by atoms with E-state index in [2.05, 4.69) is 0 Å². The van der Waals surface area contributed by atoms with Gasteiger partial charge in [-0.05, 0) is 12.8 Å². The maximum atomic E-state index is 11.7. The number of nitrogens with two attached hydrogens (primary N) is 1. The minimum atomic E-state index is -0.903. The Morgan fingerprint density at radius 3 is 2.27 bits per heavy atom. The number of rotatable bonds is 6. The van der Waals surface area contributed by atoms with E-state index in [0.29, 0.717) is 6.54 Å². The van der Waals surface area contributed by atoms with Gasteiger partial charge >= 0.3 is 5.97 Å². The van der Waals surface area contributed by atoms with Gasteiger partial charge < -0.3 is 15.7 Å². The van der Waals surface area contributed by atoms with Crippen LogP contribution in [0.4, 0.5) is 0 Å². The minimum Gasteiger partial charge on any atom is -0.481 e. The number of hydrogen-bond donors (Lipinski definition) is 2. The topological polar surface area (TPSA) is 83.6 Å². The molecule has 0 unspecified atom stereocenters. The van der Waals surface area contributed by atoms with E-state index in [1.807, 2.05) is 20.8 Å². The second-order valence-electron chi connectivity index (χ2n) is 3.83. The SMILES string of the molecule is CCN(CCC(=O)O)C(=O)[C@H](N)C(C)C. The number of hydrogen-bond acceptors (Lipinski definition) is 3. The van der Waals surface area contributed by atoms with Crippen LogP contribution in [0.25, 0.3) is 0 Å². The first-order valence-electron chi connectivity index (χ1n) is 5.16. The van der Waals surface area contributed by atoms with Crippen LogP contribution in [0.5, 0.6) is 0 Å². The maximum Gasteiger partial charge on any atom is 0.305 e. The molecule has 5 heteroatoms. The number of carbonyl (C=O) groups excluding carboxylic acids is 1. The maximum absolute atomic E-state index is 11.7. The molecule has 0 aromatic carbocycles. The molecule has 88 valence electrons. The highest BCUT2D eigenvalue weighted by molar-refractivity contribution is 5.82. The number of carboxylic acids is 1. The Morgan fingerprint density at radius 2 is 1.93 bits per heavy atom. The standard InChI is InChI=1S/C10H20N2O3/c1-4-12(6-5-8(13)14)10(15)9(11)7(2)3/h7,9H,4-6,11H2,1-3H3,(H,13,14)/t9-/m1/s1. The van der Waals surface area contributed by atoms with Crippen LogP contribution in [0.2, 0.25) is 0 Å². The van der Waals surface area contributed by atoms with Crippen molar-refractivity contribution in [2.24, 2.45) is 11.7 Å². The van der Waals surface area contributed by atoms with Crippen LogP contribution in [0.3, 0.4) is 0 Å². The molecular formula is C10H20N2O3. The molecule has 0 bridgehead atoms. The van der Waals surface area contributed by atoms with Crippen molar-refractivity contribution < 1.29 is 14.7 Å². The van der Waals surface area contributed by atoms with Crippen LogP contribution in [0.15, 0.2) is 0 Å². The number of likely N-dealkylation sites (N-methyl/N-ethyl adjacent to an activating group) is 1. The molecule has 0 fully saturated rings. The van der Waals surface area contributed by atoms with E-state index in [1.165, 1.54) is 4.90 Å². The number of nitrogens with zero attached hydrogens (tertiary/aromatic N) is 1. The third kappa shape index (κ3) is 4.78. The summed E-state index contributed by atoms with van der Waals surface area (Å²) in [5.41, 5.74) is 5.70. The third-order valence-electron chi connectivity index (χ3n) is 2.29. The highest BCUT2D eigenvalue weighted by Crippen LogP contribution is 2.04. The summed E-state index contributed by atoms with van der Waals surface area (Å²) in [5.74, 6) is -1.01. The summed E-state index contributed by atoms with van der Waals surface area (Å²) >= 11 is 0. The lowest BCUT2D eigenvalue weighted by atomic mass is 10.0. The number of amides is 1. The van der Waals surface area contributed by atoms with Crippen LogP contribution < -0.4 is 5.73 Å². The summed E-state index contributed by atoms with van der Waals surface area (Å²) in [6, 6.07) is -0.543. The highest BCUT2D eigenvalue weighted by Gasteiger charge is 2.22. The van der Waals surface area contributed by atoms with Gasteiger partial charge in [0.2, 0.25) is 5.91 Å². The van der Waals surface area contributed by atoms with Crippen molar-refractivity contribution in [3.63, 3.8) is 0 Å². The molecule has 15 heavy (non-hydrogen) atoms. The van der Waals surface area contributed by atoms with Gasteiger partial charge in [-0.1, -0.05) is 13.8 Å². The quantitative estimate of drug-likeness (QED) is 0.668. The predicted molar refractivity (Wildman–Crippen MR) is 57.3 cm³/mol. The summed E-state index contributed by atoms with van der Waals surface area (Å²) in [7, 11) is 0. The monoisotopic (exact) mass is 216 g/mol. The number of carboxylic acid groups (broad SMARTS) is 1. The van der Waals surface area contributed by atoms with Crippen molar-refractivity contribution in [2.45, 2.75) is 33.2 Å². The third-order valence-corrected chi connectivity index (χ3v) is 2.29. The van der Waals surface area contributed by atoms with E-state index in [1.54, 1.807) is 0 Å². The molecule has 0 saturated carbocycles. The van der Waals surface area contributed by atoms with Gasteiger partial charge in [-0.2, -0.15) is 0 Å². The van der Waals surface area contributed by atoms with Crippen molar-refractivity contribution in [2.75, 3.05) is 13.1 Å². The molecule has 1 atom stereocenters. The van der Waals surface area contributed by atoms with Gasteiger partial charge in [-0.3, -0.25) is 9.59 Å². The molecule has 3 N–H and O–H groups in total. The van der Waals surface area contributed by atoms with E-state index in [-0.39, 0.29) is 24.8 Å². The van der Waals surface area contributed by atoms with Crippen LogP contribution >= 0.6 is 0 Å². The molecule has 0 aliphatic heterocycles. The fraction of sp³-hybridized carbons (Fsp3) is 0.800. The van der Waals surface area contributed by atoms with Crippen LogP contribution in [-0.4, -0.2) is 41.0 Å². The summed E-state index contributed by atoms with van der Waals surface area (Å²) in [6.45, 7) is 6.27. The van der Waals surface area contributed by atoms with Gasteiger partial charge in [0.15, 0.2) is 0 Å².